The van der Waals surface area contributed by atoms with Crippen LogP contribution in [-0.2, 0) is 14.8 Å². The summed E-state index contributed by atoms with van der Waals surface area (Å²) in [5.74, 6) is 0.686. The third-order valence-corrected chi connectivity index (χ3v) is 6.10. The molecule has 10 heteroatoms. The Bertz CT molecular complexity index is 1050. The van der Waals surface area contributed by atoms with Gasteiger partial charge in [-0.05, 0) is 25.1 Å². The molecule has 156 valence electrons. The first-order valence-electron chi connectivity index (χ1n) is 9.04. The molecule has 2 heterocycles. The number of ether oxygens (including phenoxy) is 1. The predicted molar refractivity (Wildman–Crippen MR) is 107 cm³/mol. The van der Waals surface area contributed by atoms with E-state index in [1.54, 1.807) is 30.0 Å². The second kappa shape index (κ2) is 8.98. The molecular weight excluding hydrogens is 420 g/mol. The quantitative estimate of drug-likeness (QED) is 0.705. The maximum Gasteiger partial charge on any atom is 0.339 e. The van der Waals surface area contributed by atoms with Crippen molar-refractivity contribution in [3.63, 3.8) is 0 Å². The molecule has 3 rings (SSSR count). The van der Waals surface area contributed by atoms with Gasteiger partial charge in [0.1, 0.15) is 17.6 Å². The highest BCUT2D eigenvalue weighted by Crippen LogP contribution is 2.19. The second-order valence-corrected chi connectivity index (χ2v) is 8.90. The Morgan fingerprint density at radius 2 is 2.14 bits per heavy atom. The van der Waals surface area contributed by atoms with Gasteiger partial charge in [0.15, 0.2) is 0 Å². The number of nitrogens with zero attached hydrogens (tertiary/aromatic N) is 1. The van der Waals surface area contributed by atoms with E-state index in [0.717, 1.165) is 0 Å². The van der Waals surface area contributed by atoms with E-state index >= 15 is 0 Å². The Morgan fingerprint density at radius 1 is 1.34 bits per heavy atom. The first-order valence-corrected chi connectivity index (χ1v) is 10.9. The van der Waals surface area contributed by atoms with Crippen LogP contribution in [0.1, 0.15) is 18.6 Å². The summed E-state index contributed by atoms with van der Waals surface area (Å²) in [5, 5.41) is 0.318. The van der Waals surface area contributed by atoms with E-state index in [9.17, 15) is 18.0 Å². The Labute approximate surface area is 173 Å². The number of benzene rings is 1. The van der Waals surface area contributed by atoms with Gasteiger partial charge >= 0.3 is 5.63 Å². The molecule has 1 fully saturated rings. The zero-order valence-electron chi connectivity index (χ0n) is 15.8. The van der Waals surface area contributed by atoms with Gasteiger partial charge in [0.05, 0.1) is 17.5 Å². The van der Waals surface area contributed by atoms with E-state index in [0.29, 0.717) is 36.0 Å². The van der Waals surface area contributed by atoms with Crippen molar-refractivity contribution in [2.75, 3.05) is 19.6 Å². The van der Waals surface area contributed by atoms with Crippen LogP contribution in [0.2, 0.25) is 5.02 Å². The number of aryl methyl sites for hydroxylation is 1. The fourth-order valence-corrected chi connectivity index (χ4v) is 4.39. The SMILES string of the molecule is Cc1cc(OC2CCN(C(=O)CCNS(=O)(=O)c3cccc(Cl)c3)C2)cc(=O)o1. The van der Waals surface area contributed by atoms with Gasteiger partial charge in [-0.25, -0.2) is 17.9 Å². The van der Waals surface area contributed by atoms with Crippen LogP contribution < -0.4 is 15.1 Å². The third-order valence-electron chi connectivity index (χ3n) is 4.41. The predicted octanol–water partition coefficient (Wildman–Crippen LogP) is 1.95. The summed E-state index contributed by atoms with van der Waals surface area (Å²) in [4.78, 5) is 25.5. The van der Waals surface area contributed by atoms with Crippen LogP contribution in [0.5, 0.6) is 5.75 Å². The van der Waals surface area contributed by atoms with Crippen LogP contribution in [0.15, 0.2) is 50.5 Å². The zero-order chi connectivity index (χ0) is 21.0. The largest absolute Gasteiger partial charge is 0.488 e. The summed E-state index contributed by atoms with van der Waals surface area (Å²) in [5.41, 5.74) is -0.488. The minimum absolute atomic E-state index is 0.0192. The minimum Gasteiger partial charge on any atom is -0.488 e. The summed E-state index contributed by atoms with van der Waals surface area (Å²) in [6.07, 6.45) is 0.420. The lowest BCUT2D eigenvalue weighted by Crippen LogP contribution is -2.34. The fraction of sp³-hybridized carbons (Fsp3) is 0.368. The number of carbonyl (C=O) groups is 1. The molecule has 0 aliphatic carbocycles. The smallest absolute Gasteiger partial charge is 0.339 e. The van der Waals surface area contributed by atoms with Gasteiger partial charge < -0.3 is 14.1 Å². The normalized spacial score (nSPS) is 16.8. The summed E-state index contributed by atoms with van der Waals surface area (Å²) < 4.78 is 37.6. The van der Waals surface area contributed by atoms with Crippen molar-refractivity contribution >= 4 is 27.5 Å². The highest BCUT2D eigenvalue weighted by atomic mass is 35.5. The average molecular weight is 441 g/mol. The van der Waals surface area contributed by atoms with E-state index < -0.39 is 15.6 Å². The Balaban J connectivity index is 1.48. The Kier molecular flexibility index (Phi) is 6.61. The van der Waals surface area contributed by atoms with Gasteiger partial charge in [-0.1, -0.05) is 17.7 Å². The fourth-order valence-electron chi connectivity index (χ4n) is 3.06. The van der Waals surface area contributed by atoms with E-state index in [4.69, 9.17) is 20.8 Å². The number of sulfonamides is 1. The molecule has 1 aromatic carbocycles. The number of carbonyl (C=O) groups excluding carboxylic acids is 1. The number of amides is 1. The van der Waals surface area contributed by atoms with Crippen LogP contribution in [0.3, 0.4) is 0 Å². The van der Waals surface area contributed by atoms with E-state index in [2.05, 4.69) is 4.72 Å². The van der Waals surface area contributed by atoms with Crippen molar-refractivity contribution in [1.82, 2.24) is 9.62 Å². The topological polar surface area (TPSA) is 106 Å². The van der Waals surface area contributed by atoms with Crippen molar-refractivity contribution < 1.29 is 22.4 Å². The van der Waals surface area contributed by atoms with Crippen LogP contribution in [0.4, 0.5) is 0 Å². The molecular formula is C19H21ClN2O6S. The highest BCUT2D eigenvalue weighted by Gasteiger charge is 2.28. The molecule has 1 aliphatic heterocycles. The van der Waals surface area contributed by atoms with Crippen LogP contribution in [0.25, 0.3) is 0 Å². The van der Waals surface area contributed by atoms with Gasteiger partial charge in [-0.15, -0.1) is 0 Å². The first kappa shape index (κ1) is 21.4. The van der Waals surface area contributed by atoms with Gasteiger partial charge in [0.25, 0.3) is 0 Å². The highest BCUT2D eigenvalue weighted by molar-refractivity contribution is 7.89. The molecule has 2 aromatic rings. The molecule has 1 saturated heterocycles. The summed E-state index contributed by atoms with van der Waals surface area (Å²) in [6.45, 7) is 2.52. The van der Waals surface area contributed by atoms with Crippen LogP contribution in [0, 0.1) is 6.92 Å². The average Bonchev–Trinajstić information content (AvgIpc) is 3.09. The van der Waals surface area contributed by atoms with Crippen molar-refractivity contribution in [3.05, 3.63) is 57.6 Å². The molecule has 1 amide bonds. The molecule has 0 radical (unpaired) electrons. The van der Waals surface area contributed by atoms with Gasteiger partial charge in [0.2, 0.25) is 15.9 Å². The molecule has 1 unspecified atom stereocenters. The Hall–Kier alpha value is -2.36. The van der Waals surface area contributed by atoms with Crippen LogP contribution in [-0.4, -0.2) is 45.0 Å². The molecule has 0 bridgehead atoms. The number of hydrogen-bond acceptors (Lipinski definition) is 6. The standard InChI is InChI=1S/C19H21ClN2O6S/c1-13-9-16(11-19(24)27-13)28-15-6-8-22(12-15)18(23)5-7-21-29(25,26)17-4-2-3-14(20)10-17/h2-4,9-11,15,21H,5-8,12H2,1H3. The van der Waals surface area contributed by atoms with E-state index in [1.807, 2.05) is 0 Å². The molecule has 8 nitrogen and oxygen atoms in total. The maximum atomic E-state index is 12.4. The molecule has 1 aromatic heterocycles. The number of hydrogen-bond donors (Lipinski definition) is 1. The molecule has 0 spiro atoms. The number of halogens is 1. The maximum absolute atomic E-state index is 12.4. The number of likely N-dealkylation sites (tertiary alicyclic amines) is 1. The molecule has 1 atom stereocenters. The van der Waals surface area contributed by atoms with E-state index in [-0.39, 0.29) is 29.9 Å². The van der Waals surface area contributed by atoms with Crippen molar-refractivity contribution in [3.8, 4) is 5.75 Å². The number of nitrogens with one attached hydrogen (secondary N) is 1. The number of rotatable bonds is 7. The van der Waals surface area contributed by atoms with Crippen molar-refractivity contribution in [1.29, 1.82) is 0 Å². The summed E-state index contributed by atoms with van der Waals surface area (Å²) >= 11 is 5.82. The van der Waals surface area contributed by atoms with Crippen molar-refractivity contribution in [2.45, 2.75) is 30.8 Å². The second-order valence-electron chi connectivity index (χ2n) is 6.70. The first-order chi connectivity index (χ1) is 13.7. The van der Waals surface area contributed by atoms with E-state index in [1.165, 1.54) is 18.2 Å². The van der Waals surface area contributed by atoms with Crippen LogP contribution >= 0.6 is 11.6 Å². The minimum atomic E-state index is -3.73. The van der Waals surface area contributed by atoms with Gasteiger partial charge in [-0.2, -0.15) is 0 Å². The molecule has 1 aliphatic rings. The van der Waals surface area contributed by atoms with Gasteiger partial charge in [0, 0.05) is 37.0 Å². The van der Waals surface area contributed by atoms with Crippen molar-refractivity contribution in [2.24, 2.45) is 0 Å². The summed E-state index contributed by atoms with van der Waals surface area (Å²) in [6, 6.07) is 8.80. The summed E-state index contributed by atoms with van der Waals surface area (Å²) in [7, 11) is -3.73. The lowest BCUT2D eigenvalue weighted by molar-refractivity contribution is -0.130. The van der Waals surface area contributed by atoms with Gasteiger partial charge in [-0.3, -0.25) is 4.79 Å². The lowest BCUT2D eigenvalue weighted by atomic mass is 10.3. The monoisotopic (exact) mass is 440 g/mol. The molecule has 29 heavy (non-hydrogen) atoms. The molecule has 1 N–H and O–H groups in total. The Morgan fingerprint density at radius 3 is 2.86 bits per heavy atom. The molecule has 0 saturated carbocycles. The third kappa shape index (κ3) is 5.81. The lowest BCUT2D eigenvalue weighted by Gasteiger charge is -2.17. The zero-order valence-corrected chi connectivity index (χ0v) is 17.3.